The van der Waals surface area contributed by atoms with Crippen molar-refractivity contribution < 1.29 is 33.6 Å². The Kier molecular flexibility index (Phi) is 9.27. The molecule has 0 bridgehead atoms. The van der Waals surface area contributed by atoms with Crippen molar-refractivity contribution in [3.63, 3.8) is 0 Å². The highest BCUT2D eigenvalue weighted by Crippen LogP contribution is 2.45. The molecule has 38 heavy (non-hydrogen) atoms. The van der Waals surface area contributed by atoms with Crippen LogP contribution in [0.5, 0.6) is 23.0 Å². The number of aliphatic hydroxyl groups is 1. The van der Waals surface area contributed by atoms with Crippen LogP contribution in [-0.4, -0.2) is 81.7 Å². The molecule has 1 aliphatic heterocycles. The molecule has 1 heterocycles. The number of hydrogen-bond acceptors (Lipinski definition) is 8. The largest absolute Gasteiger partial charge is 0.507 e. The first-order valence-corrected chi connectivity index (χ1v) is 12.5. The lowest BCUT2D eigenvalue weighted by Gasteiger charge is -2.27. The minimum absolute atomic E-state index is 0.00159. The van der Waals surface area contributed by atoms with E-state index in [9.17, 15) is 14.7 Å². The van der Waals surface area contributed by atoms with Crippen LogP contribution < -0.4 is 18.9 Å². The molecule has 0 aliphatic carbocycles. The monoisotopic (exact) mass is 526 g/mol. The molecule has 1 atom stereocenters. The second-order valence-corrected chi connectivity index (χ2v) is 9.94. The number of carbonyl (C=O) groups is 2. The first-order chi connectivity index (χ1) is 18.0. The maximum absolute atomic E-state index is 13.4. The third-order valence-corrected chi connectivity index (χ3v) is 6.35. The number of aryl methyl sites for hydroxylation is 1. The van der Waals surface area contributed by atoms with Crippen molar-refractivity contribution in [1.29, 1.82) is 0 Å². The minimum atomic E-state index is -0.860. The van der Waals surface area contributed by atoms with E-state index in [4.69, 9.17) is 18.9 Å². The predicted molar refractivity (Wildman–Crippen MR) is 145 cm³/mol. The van der Waals surface area contributed by atoms with Gasteiger partial charge in [-0.3, -0.25) is 9.59 Å². The van der Waals surface area contributed by atoms with Crippen LogP contribution >= 0.6 is 0 Å². The van der Waals surface area contributed by atoms with Gasteiger partial charge in [-0.2, -0.15) is 0 Å². The minimum Gasteiger partial charge on any atom is -0.507 e. The second-order valence-electron chi connectivity index (χ2n) is 9.94. The van der Waals surface area contributed by atoms with Gasteiger partial charge >= 0.3 is 0 Å². The van der Waals surface area contributed by atoms with Gasteiger partial charge in [0.1, 0.15) is 11.5 Å². The Balaban J connectivity index is 2.19. The molecule has 1 aliphatic rings. The second kappa shape index (κ2) is 12.2. The van der Waals surface area contributed by atoms with Gasteiger partial charge in [0, 0.05) is 18.7 Å². The van der Waals surface area contributed by atoms with Gasteiger partial charge in [0.25, 0.3) is 11.7 Å². The van der Waals surface area contributed by atoms with Gasteiger partial charge in [-0.15, -0.1) is 0 Å². The zero-order valence-corrected chi connectivity index (χ0v) is 23.5. The van der Waals surface area contributed by atoms with E-state index in [0.717, 1.165) is 5.56 Å². The van der Waals surface area contributed by atoms with Gasteiger partial charge in [0.15, 0.2) is 11.5 Å². The van der Waals surface area contributed by atoms with Crippen LogP contribution in [0, 0.1) is 12.8 Å². The summed E-state index contributed by atoms with van der Waals surface area (Å²) in [4.78, 5) is 30.0. The summed E-state index contributed by atoms with van der Waals surface area (Å²) in [6, 6.07) is 7.75. The average molecular weight is 527 g/mol. The fraction of sp³-hybridized carbons (Fsp3) is 0.448. The fourth-order valence-electron chi connectivity index (χ4n) is 4.39. The Labute approximate surface area is 224 Å². The highest BCUT2D eigenvalue weighted by Gasteiger charge is 2.46. The maximum atomic E-state index is 13.4. The van der Waals surface area contributed by atoms with Crippen molar-refractivity contribution in [2.24, 2.45) is 5.92 Å². The van der Waals surface area contributed by atoms with Crippen molar-refractivity contribution in [3.05, 3.63) is 52.6 Å². The average Bonchev–Trinajstić information content (AvgIpc) is 3.14. The number of nitrogens with zero attached hydrogens (tertiary/aromatic N) is 2. The van der Waals surface area contributed by atoms with Crippen LogP contribution in [-0.2, 0) is 9.59 Å². The van der Waals surface area contributed by atoms with Crippen LogP contribution in [0.15, 0.2) is 35.9 Å². The Bertz CT molecular complexity index is 1190. The Morgan fingerprint density at radius 1 is 1.00 bits per heavy atom. The number of Topliss-reactive ketones (excluding diaryl/α,β-unsaturated/α-hetero) is 1. The number of hydrogen-bond donors (Lipinski definition) is 1. The Hall–Kier alpha value is -3.72. The van der Waals surface area contributed by atoms with E-state index >= 15 is 0 Å². The third-order valence-electron chi connectivity index (χ3n) is 6.35. The fourth-order valence-corrected chi connectivity index (χ4v) is 4.39. The number of carbonyl (C=O) groups excluding carboxylic acids is 2. The summed E-state index contributed by atoms with van der Waals surface area (Å²) in [6.07, 6.45) is 0. The number of amides is 1. The molecular formula is C29H38N2O7. The molecule has 1 saturated heterocycles. The van der Waals surface area contributed by atoms with Gasteiger partial charge in [-0.1, -0.05) is 13.8 Å². The van der Waals surface area contributed by atoms with E-state index in [1.165, 1.54) is 26.2 Å². The van der Waals surface area contributed by atoms with E-state index in [-0.39, 0.29) is 17.9 Å². The van der Waals surface area contributed by atoms with E-state index in [1.54, 1.807) is 30.3 Å². The van der Waals surface area contributed by atoms with Crippen molar-refractivity contribution >= 4 is 17.4 Å². The van der Waals surface area contributed by atoms with E-state index in [1.807, 2.05) is 25.9 Å². The lowest BCUT2D eigenvalue weighted by Crippen LogP contribution is -2.35. The van der Waals surface area contributed by atoms with Crippen molar-refractivity contribution in [2.75, 3.05) is 55.1 Å². The summed E-state index contributed by atoms with van der Waals surface area (Å²) in [7, 11) is 8.26. The van der Waals surface area contributed by atoms with Gasteiger partial charge in [-0.05, 0) is 68.4 Å². The predicted octanol–water partition coefficient (Wildman–Crippen LogP) is 4.04. The van der Waals surface area contributed by atoms with E-state index in [0.29, 0.717) is 53.2 Å². The third kappa shape index (κ3) is 5.88. The molecule has 9 nitrogen and oxygen atoms in total. The molecule has 2 aromatic carbocycles. The molecule has 2 aromatic rings. The zero-order chi connectivity index (χ0) is 28.1. The highest BCUT2D eigenvalue weighted by molar-refractivity contribution is 6.46. The summed E-state index contributed by atoms with van der Waals surface area (Å²) in [5.41, 5.74) is 1.77. The summed E-state index contributed by atoms with van der Waals surface area (Å²) in [5.74, 6) is 0.509. The standard InChI is InChI=1S/C29H38N2O7/c1-17(2)16-38-21-10-9-19(13-18(21)3)26(32)24-25(31(12-11-30(4)5)29(34)27(24)33)20-14-22(35-6)28(37-8)23(15-20)36-7/h9-10,13-15,17,25,32H,11-12,16H2,1-8H3/t25-/m1/s1. The van der Waals surface area contributed by atoms with Gasteiger partial charge in [0.05, 0.1) is 39.6 Å². The number of likely N-dealkylation sites (tertiary alicyclic amines) is 1. The lowest BCUT2D eigenvalue weighted by molar-refractivity contribution is -0.140. The highest BCUT2D eigenvalue weighted by atomic mass is 16.5. The van der Waals surface area contributed by atoms with Gasteiger partial charge in [0.2, 0.25) is 5.75 Å². The van der Waals surface area contributed by atoms with Crippen LogP contribution in [0.2, 0.25) is 0 Å². The smallest absolute Gasteiger partial charge is 0.295 e. The molecule has 9 heteroatoms. The van der Waals surface area contributed by atoms with Crippen LogP contribution in [0.3, 0.4) is 0 Å². The van der Waals surface area contributed by atoms with Crippen LogP contribution in [0.4, 0.5) is 0 Å². The number of ketones is 1. The first kappa shape index (κ1) is 28.8. The Morgan fingerprint density at radius 2 is 1.63 bits per heavy atom. The topological polar surface area (TPSA) is 97.8 Å². The molecule has 0 unspecified atom stereocenters. The van der Waals surface area contributed by atoms with Crippen LogP contribution in [0.1, 0.15) is 36.6 Å². The van der Waals surface area contributed by atoms with Crippen molar-refractivity contribution in [1.82, 2.24) is 9.80 Å². The number of likely N-dealkylation sites (N-methyl/N-ethyl adjacent to an activating group) is 1. The number of rotatable bonds is 11. The molecule has 0 radical (unpaired) electrons. The number of methoxy groups -OCH3 is 3. The maximum Gasteiger partial charge on any atom is 0.295 e. The lowest BCUT2D eigenvalue weighted by atomic mass is 9.94. The zero-order valence-electron chi connectivity index (χ0n) is 23.5. The molecule has 3 rings (SSSR count). The quantitative estimate of drug-likeness (QED) is 0.266. The Morgan fingerprint density at radius 3 is 2.13 bits per heavy atom. The number of benzene rings is 2. The molecule has 1 amide bonds. The van der Waals surface area contributed by atoms with Gasteiger partial charge < -0.3 is 33.9 Å². The summed E-state index contributed by atoms with van der Waals surface area (Å²) >= 11 is 0. The van der Waals surface area contributed by atoms with E-state index < -0.39 is 17.7 Å². The molecule has 1 N–H and O–H groups in total. The van der Waals surface area contributed by atoms with Crippen molar-refractivity contribution in [2.45, 2.75) is 26.8 Å². The molecular weight excluding hydrogens is 488 g/mol. The SMILES string of the molecule is COc1cc([C@@H]2C(=C(O)c3ccc(OCC(C)C)c(C)c3)C(=O)C(=O)N2CCN(C)C)cc(OC)c1OC. The first-order valence-electron chi connectivity index (χ1n) is 12.5. The normalized spacial score (nSPS) is 16.9. The molecule has 1 fully saturated rings. The molecule has 0 spiro atoms. The van der Waals surface area contributed by atoms with Crippen LogP contribution in [0.25, 0.3) is 5.76 Å². The van der Waals surface area contributed by atoms with Gasteiger partial charge in [-0.25, -0.2) is 0 Å². The molecule has 0 saturated carbocycles. The van der Waals surface area contributed by atoms with Crippen molar-refractivity contribution in [3.8, 4) is 23.0 Å². The summed E-state index contributed by atoms with van der Waals surface area (Å²) < 4.78 is 22.4. The molecule has 206 valence electrons. The number of aliphatic hydroxyl groups excluding tert-OH is 1. The summed E-state index contributed by atoms with van der Waals surface area (Å²) in [5, 5.41) is 11.5. The number of ether oxygens (including phenoxy) is 4. The molecule has 0 aromatic heterocycles. The summed E-state index contributed by atoms with van der Waals surface area (Å²) in [6.45, 7) is 7.36. The van der Waals surface area contributed by atoms with E-state index in [2.05, 4.69) is 13.8 Å².